The van der Waals surface area contributed by atoms with Gasteiger partial charge in [-0.15, -0.1) is 0 Å². The molecule has 156 valence electrons. The number of pyridine rings is 1. The zero-order chi connectivity index (χ0) is 20.9. The molecule has 5 nitrogen and oxygen atoms in total. The van der Waals surface area contributed by atoms with Gasteiger partial charge in [-0.25, -0.2) is 0 Å². The fourth-order valence-electron chi connectivity index (χ4n) is 4.13. The number of para-hydroxylation sites is 1. The molecule has 1 amide bonds. The molecule has 4 rings (SSSR count). The van der Waals surface area contributed by atoms with E-state index in [0.29, 0.717) is 19.8 Å². The van der Waals surface area contributed by atoms with Crippen molar-refractivity contribution in [3.8, 4) is 0 Å². The molecule has 0 bridgehead atoms. The van der Waals surface area contributed by atoms with Gasteiger partial charge in [0.05, 0.1) is 31.3 Å². The van der Waals surface area contributed by atoms with Gasteiger partial charge in [0, 0.05) is 24.0 Å². The second kappa shape index (κ2) is 9.37. The van der Waals surface area contributed by atoms with Crippen molar-refractivity contribution in [1.82, 2.24) is 15.2 Å². The molecule has 3 aromatic rings. The normalized spacial score (nSPS) is 18.8. The van der Waals surface area contributed by atoms with E-state index in [0.717, 1.165) is 18.5 Å². The van der Waals surface area contributed by atoms with Crippen LogP contribution >= 0.6 is 0 Å². The van der Waals surface area contributed by atoms with Crippen molar-refractivity contribution in [2.75, 3.05) is 26.8 Å². The molecule has 0 spiro atoms. The first-order valence-electron chi connectivity index (χ1n) is 10.5. The van der Waals surface area contributed by atoms with E-state index < -0.39 is 0 Å². The van der Waals surface area contributed by atoms with Gasteiger partial charge in [0.15, 0.2) is 0 Å². The molecule has 1 aromatic heterocycles. The van der Waals surface area contributed by atoms with Crippen LogP contribution in [0.5, 0.6) is 0 Å². The van der Waals surface area contributed by atoms with E-state index in [1.807, 2.05) is 36.3 Å². The highest BCUT2D eigenvalue weighted by Gasteiger charge is 2.30. The summed E-state index contributed by atoms with van der Waals surface area (Å²) in [7, 11) is 1.98. The number of rotatable bonds is 7. The van der Waals surface area contributed by atoms with Crippen LogP contribution in [0.25, 0.3) is 10.9 Å². The highest BCUT2D eigenvalue weighted by atomic mass is 16.5. The average Bonchev–Trinajstić information content (AvgIpc) is 3.16. The lowest BCUT2D eigenvalue weighted by Gasteiger charge is -2.22. The van der Waals surface area contributed by atoms with E-state index in [2.05, 4.69) is 53.6 Å². The number of fused-ring (bicyclic) bond motifs is 1. The van der Waals surface area contributed by atoms with Crippen molar-refractivity contribution in [3.63, 3.8) is 0 Å². The van der Waals surface area contributed by atoms with Gasteiger partial charge in [-0.1, -0.05) is 48.0 Å². The third-order valence-corrected chi connectivity index (χ3v) is 5.75. The van der Waals surface area contributed by atoms with Gasteiger partial charge in [-0.05, 0) is 43.7 Å². The Kier molecular flexibility index (Phi) is 6.41. The van der Waals surface area contributed by atoms with Crippen molar-refractivity contribution in [3.05, 3.63) is 77.5 Å². The fraction of sp³-hybridized carbons (Fsp3) is 0.360. The lowest BCUT2D eigenvalue weighted by atomic mass is 9.93. The summed E-state index contributed by atoms with van der Waals surface area (Å²) in [5.41, 5.74) is 4.72. The smallest absolute Gasteiger partial charge is 0.234 e. The topological polar surface area (TPSA) is 54.5 Å². The molecule has 2 heterocycles. The maximum Gasteiger partial charge on any atom is 0.234 e. The van der Waals surface area contributed by atoms with Crippen LogP contribution in [0, 0.1) is 12.8 Å². The average molecular weight is 404 g/mol. The predicted molar refractivity (Wildman–Crippen MR) is 119 cm³/mol. The van der Waals surface area contributed by atoms with Crippen molar-refractivity contribution in [1.29, 1.82) is 0 Å². The molecule has 0 radical (unpaired) electrons. The summed E-state index contributed by atoms with van der Waals surface area (Å²) in [4.78, 5) is 19.1. The first-order chi connectivity index (χ1) is 14.6. The van der Waals surface area contributed by atoms with Gasteiger partial charge in [-0.2, -0.15) is 0 Å². The number of amides is 1. The number of benzene rings is 2. The quantitative estimate of drug-likeness (QED) is 0.657. The predicted octanol–water partition coefficient (Wildman–Crippen LogP) is 3.35. The maximum atomic E-state index is 12.6. The number of nitrogens with one attached hydrogen (secondary N) is 1. The first kappa shape index (κ1) is 20.5. The Balaban J connectivity index is 1.34. The summed E-state index contributed by atoms with van der Waals surface area (Å²) in [6.45, 7) is 4.44. The number of likely N-dealkylation sites (N-methyl/N-ethyl adjacent to an activating group) is 1. The summed E-state index contributed by atoms with van der Waals surface area (Å²) in [5.74, 6) is 0.312. The fourth-order valence-corrected chi connectivity index (χ4v) is 4.13. The molecule has 1 saturated heterocycles. The summed E-state index contributed by atoms with van der Waals surface area (Å²) >= 11 is 0. The third-order valence-electron chi connectivity index (χ3n) is 5.75. The van der Waals surface area contributed by atoms with Crippen molar-refractivity contribution in [2.24, 2.45) is 5.92 Å². The van der Waals surface area contributed by atoms with Crippen LogP contribution in [-0.4, -0.2) is 48.6 Å². The van der Waals surface area contributed by atoms with E-state index in [9.17, 15) is 4.79 Å². The summed E-state index contributed by atoms with van der Waals surface area (Å²) in [6, 6.07) is 18.8. The highest BCUT2D eigenvalue weighted by molar-refractivity contribution is 5.82. The van der Waals surface area contributed by atoms with Crippen LogP contribution in [0.2, 0.25) is 0 Å². The molecule has 0 unspecified atom stereocenters. The minimum absolute atomic E-state index is 0.0391. The highest BCUT2D eigenvalue weighted by Crippen LogP contribution is 2.24. The molecule has 0 aliphatic carbocycles. The van der Waals surface area contributed by atoms with E-state index >= 15 is 0 Å². The monoisotopic (exact) mass is 403 g/mol. The standard InChI is InChI=1S/C25H29N3O2/c1-18-7-9-19(10-8-18)14-28(2)15-25(29)27-24-17-30-16-21(24)13-20-11-12-26-23-6-4-3-5-22(20)23/h3-12,21,24H,13-17H2,1-2H3,(H,27,29)/t21-,24+/m1/s1. The Morgan fingerprint density at radius 1 is 1.13 bits per heavy atom. The van der Waals surface area contributed by atoms with Gasteiger partial charge in [0.25, 0.3) is 0 Å². The Morgan fingerprint density at radius 2 is 1.93 bits per heavy atom. The maximum absolute atomic E-state index is 12.6. The Morgan fingerprint density at radius 3 is 2.77 bits per heavy atom. The van der Waals surface area contributed by atoms with E-state index in [1.165, 1.54) is 22.1 Å². The molecule has 1 aliphatic rings. The van der Waals surface area contributed by atoms with E-state index in [-0.39, 0.29) is 17.9 Å². The summed E-state index contributed by atoms with van der Waals surface area (Å²) in [6.07, 6.45) is 2.73. The number of aromatic nitrogens is 1. The minimum Gasteiger partial charge on any atom is -0.379 e. The van der Waals surface area contributed by atoms with Gasteiger partial charge in [-0.3, -0.25) is 14.7 Å². The Hall–Kier alpha value is -2.76. The van der Waals surface area contributed by atoms with E-state index in [1.54, 1.807) is 0 Å². The van der Waals surface area contributed by atoms with Crippen LogP contribution in [0.4, 0.5) is 0 Å². The van der Waals surface area contributed by atoms with Crippen LogP contribution in [-0.2, 0) is 22.5 Å². The number of nitrogens with zero attached hydrogens (tertiary/aromatic N) is 2. The molecular formula is C25H29N3O2. The molecule has 1 N–H and O–H groups in total. The SMILES string of the molecule is Cc1ccc(CN(C)CC(=O)N[C@H]2COC[C@H]2Cc2ccnc3ccccc23)cc1. The lowest BCUT2D eigenvalue weighted by molar-refractivity contribution is -0.123. The second-order valence-corrected chi connectivity index (χ2v) is 8.32. The zero-order valence-electron chi connectivity index (χ0n) is 17.7. The Labute approximate surface area is 178 Å². The van der Waals surface area contributed by atoms with Gasteiger partial charge >= 0.3 is 0 Å². The second-order valence-electron chi connectivity index (χ2n) is 8.32. The summed E-state index contributed by atoms with van der Waals surface area (Å²) < 4.78 is 5.72. The van der Waals surface area contributed by atoms with Crippen LogP contribution in [0.15, 0.2) is 60.8 Å². The molecule has 30 heavy (non-hydrogen) atoms. The lowest BCUT2D eigenvalue weighted by Crippen LogP contribution is -2.44. The molecule has 1 aliphatic heterocycles. The third kappa shape index (κ3) is 5.04. The van der Waals surface area contributed by atoms with Crippen LogP contribution < -0.4 is 5.32 Å². The summed E-state index contributed by atoms with van der Waals surface area (Å²) in [5, 5.41) is 4.38. The first-order valence-corrected chi connectivity index (χ1v) is 10.5. The van der Waals surface area contributed by atoms with E-state index in [4.69, 9.17) is 4.74 Å². The largest absolute Gasteiger partial charge is 0.379 e. The number of aryl methyl sites for hydroxylation is 1. The van der Waals surface area contributed by atoms with Gasteiger partial charge < -0.3 is 10.1 Å². The number of ether oxygens (including phenoxy) is 1. The van der Waals surface area contributed by atoms with Crippen molar-refractivity contribution < 1.29 is 9.53 Å². The number of carbonyl (C=O) groups excluding carboxylic acids is 1. The number of carbonyl (C=O) groups is 1. The molecular weight excluding hydrogens is 374 g/mol. The molecule has 0 saturated carbocycles. The van der Waals surface area contributed by atoms with Crippen LogP contribution in [0.3, 0.4) is 0 Å². The van der Waals surface area contributed by atoms with Crippen LogP contribution in [0.1, 0.15) is 16.7 Å². The molecule has 5 heteroatoms. The van der Waals surface area contributed by atoms with Gasteiger partial charge in [0.2, 0.25) is 5.91 Å². The molecule has 1 fully saturated rings. The molecule has 2 aromatic carbocycles. The number of hydrogen-bond donors (Lipinski definition) is 1. The number of hydrogen-bond acceptors (Lipinski definition) is 4. The van der Waals surface area contributed by atoms with Crippen molar-refractivity contribution >= 4 is 16.8 Å². The molecule has 2 atom stereocenters. The van der Waals surface area contributed by atoms with Gasteiger partial charge in [0.1, 0.15) is 0 Å². The Bertz CT molecular complexity index is 997. The zero-order valence-corrected chi connectivity index (χ0v) is 17.7. The minimum atomic E-state index is 0.0391. The van der Waals surface area contributed by atoms with Crippen molar-refractivity contribution in [2.45, 2.75) is 25.9 Å².